The molecule has 0 unspecified atom stereocenters. The van der Waals surface area contributed by atoms with Gasteiger partial charge in [0.1, 0.15) is 17.1 Å². The van der Waals surface area contributed by atoms with Crippen LogP contribution in [0.15, 0.2) is 23.2 Å². The van der Waals surface area contributed by atoms with E-state index >= 15 is 0 Å². The van der Waals surface area contributed by atoms with E-state index in [1.54, 1.807) is 37.3 Å². The van der Waals surface area contributed by atoms with E-state index in [-0.39, 0.29) is 17.9 Å². The van der Waals surface area contributed by atoms with Crippen LogP contribution in [0.1, 0.15) is 26.3 Å². The van der Waals surface area contributed by atoms with Crippen molar-refractivity contribution in [2.45, 2.75) is 39.0 Å². The molecule has 0 bridgehead atoms. The van der Waals surface area contributed by atoms with Gasteiger partial charge >= 0.3 is 6.09 Å². The second-order valence-electron chi connectivity index (χ2n) is 7.15. The number of likely N-dealkylation sites (tertiary alicyclic amines) is 1. The van der Waals surface area contributed by atoms with Gasteiger partial charge in [-0.25, -0.2) is 4.79 Å². The highest BCUT2D eigenvalue weighted by molar-refractivity contribution is 5.80. The van der Waals surface area contributed by atoms with Crippen molar-refractivity contribution < 1.29 is 19.4 Å². The summed E-state index contributed by atoms with van der Waals surface area (Å²) >= 11 is 0. The van der Waals surface area contributed by atoms with E-state index in [9.17, 15) is 9.90 Å². The highest BCUT2D eigenvalue weighted by Gasteiger charge is 2.34. The molecule has 1 heterocycles. The highest BCUT2D eigenvalue weighted by atomic mass is 16.6. The molecule has 2 rings (SSSR count). The Bertz CT molecular complexity index is 664. The molecular weight excluding hydrogens is 336 g/mol. The van der Waals surface area contributed by atoms with Crippen LogP contribution in [0.2, 0.25) is 0 Å². The minimum atomic E-state index is -0.494. The standard InChI is InChI=1S/C18H28N4O4/c1-18(2,3)26-17(24)22-10-13(11-22)21-16(19-4)20-9-12-8-14(25-5)6-7-15(12)23/h6-8,13,23H,9-11H2,1-5H3,(H2,19,20,21). The summed E-state index contributed by atoms with van der Waals surface area (Å²) in [5.41, 5.74) is 0.211. The molecule has 144 valence electrons. The van der Waals surface area contributed by atoms with E-state index in [4.69, 9.17) is 9.47 Å². The zero-order valence-corrected chi connectivity index (χ0v) is 16.0. The molecule has 1 saturated heterocycles. The first-order chi connectivity index (χ1) is 12.2. The van der Waals surface area contributed by atoms with Crippen molar-refractivity contribution in [3.8, 4) is 11.5 Å². The summed E-state index contributed by atoms with van der Waals surface area (Å²) in [5.74, 6) is 1.46. The predicted molar refractivity (Wildman–Crippen MR) is 99.6 cm³/mol. The SMILES string of the molecule is CN=C(NCc1cc(OC)ccc1O)NC1CN(C(=O)OC(C)(C)C)C1. The van der Waals surface area contributed by atoms with Gasteiger partial charge in [-0.15, -0.1) is 0 Å². The summed E-state index contributed by atoms with van der Waals surface area (Å²) in [7, 11) is 3.25. The molecule has 8 heteroatoms. The number of methoxy groups -OCH3 is 1. The summed E-state index contributed by atoms with van der Waals surface area (Å²) in [5, 5.41) is 16.3. The quantitative estimate of drug-likeness (QED) is 0.556. The number of amides is 1. The summed E-state index contributed by atoms with van der Waals surface area (Å²) in [6, 6.07) is 5.17. The van der Waals surface area contributed by atoms with Gasteiger partial charge in [-0.2, -0.15) is 0 Å². The van der Waals surface area contributed by atoms with Gasteiger partial charge < -0.3 is 30.1 Å². The molecule has 0 saturated carbocycles. The maximum absolute atomic E-state index is 11.9. The average Bonchev–Trinajstić information content (AvgIpc) is 2.52. The van der Waals surface area contributed by atoms with Gasteiger partial charge in [-0.05, 0) is 39.0 Å². The summed E-state index contributed by atoms with van der Waals surface area (Å²) in [4.78, 5) is 17.8. The average molecular weight is 364 g/mol. The Hall–Kier alpha value is -2.64. The van der Waals surface area contributed by atoms with Gasteiger partial charge in [0.2, 0.25) is 0 Å². The third-order valence-electron chi connectivity index (χ3n) is 3.83. The minimum absolute atomic E-state index is 0.104. The molecule has 0 aliphatic carbocycles. The largest absolute Gasteiger partial charge is 0.508 e. The number of benzene rings is 1. The van der Waals surface area contributed by atoms with Crippen LogP contribution in [-0.4, -0.2) is 60.9 Å². The van der Waals surface area contributed by atoms with Gasteiger partial charge in [0.15, 0.2) is 5.96 Å². The number of carbonyl (C=O) groups is 1. The number of rotatable bonds is 4. The molecule has 1 aliphatic rings. The van der Waals surface area contributed by atoms with Crippen LogP contribution in [0.4, 0.5) is 4.79 Å². The maximum atomic E-state index is 11.9. The number of phenols is 1. The van der Waals surface area contributed by atoms with E-state index in [0.717, 1.165) is 0 Å². The van der Waals surface area contributed by atoms with Gasteiger partial charge in [0.25, 0.3) is 0 Å². The van der Waals surface area contributed by atoms with Crippen LogP contribution in [0.25, 0.3) is 0 Å². The van der Waals surface area contributed by atoms with Crippen LogP contribution >= 0.6 is 0 Å². The third kappa shape index (κ3) is 5.44. The summed E-state index contributed by atoms with van der Waals surface area (Å²) in [6.45, 7) is 7.05. The van der Waals surface area contributed by atoms with Gasteiger partial charge in [0, 0.05) is 32.2 Å². The molecule has 1 aromatic rings. The van der Waals surface area contributed by atoms with Crippen molar-refractivity contribution in [2.75, 3.05) is 27.2 Å². The van der Waals surface area contributed by atoms with Crippen LogP contribution in [-0.2, 0) is 11.3 Å². The third-order valence-corrected chi connectivity index (χ3v) is 3.83. The van der Waals surface area contributed by atoms with Gasteiger partial charge in [-0.3, -0.25) is 4.99 Å². The number of hydrogen-bond acceptors (Lipinski definition) is 5. The molecule has 1 amide bonds. The number of guanidine groups is 1. The normalized spacial score (nSPS) is 15.3. The molecule has 0 radical (unpaired) electrons. The fourth-order valence-electron chi connectivity index (χ4n) is 2.44. The number of phenolic OH excluding ortho intramolecular Hbond substituents is 1. The molecule has 3 N–H and O–H groups in total. The van der Waals surface area contributed by atoms with Gasteiger partial charge in [-0.1, -0.05) is 0 Å². The number of nitrogens with zero attached hydrogens (tertiary/aromatic N) is 2. The Balaban J connectivity index is 1.80. The summed E-state index contributed by atoms with van der Waals surface area (Å²) in [6.07, 6.45) is -0.306. The molecule has 1 aliphatic heterocycles. The van der Waals surface area contributed by atoms with Gasteiger partial charge in [0.05, 0.1) is 13.2 Å². The molecule has 8 nitrogen and oxygen atoms in total. The number of ether oxygens (including phenoxy) is 2. The van der Waals surface area contributed by atoms with Crippen molar-refractivity contribution in [3.05, 3.63) is 23.8 Å². The molecule has 0 atom stereocenters. The lowest BCUT2D eigenvalue weighted by Crippen LogP contribution is -2.63. The van der Waals surface area contributed by atoms with E-state index < -0.39 is 5.60 Å². The minimum Gasteiger partial charge on any atom is -0.508 e. The number of carbonyl (C=O) groups excluding carboxylic acids is 1. The van der Waals surface area contributed by atoms with Crippen molar-refractivity contribution in [1.29, 1.82) is 0 Å². The monoisotopic (exact) mass is 364 g/mol. The van der Waals surface area contributed by atoms with E-state index in [2.05, 4.69) is 15.6 Å². The molecule has 26 heavy (non-hydrogen) atoms. The zero-order chi connectivity index (χ0) is 19.3. The smallest absolute Gasteiger partial charge is 0.410 e. The second kappa shape index (κ2) is 8.16. The predicted octanol–water partition coefficient (Wildman–Crippen LogP) is 1.69. The zero-order valence-electron chi connectivity index (χ0n) is 16.0. The van der Waals surface area contributed by atoms with Crippen LogP contribution in [0, 0.1) is 0 Å². The second-order valence-corrected chi connectivity index (χ2v) is 7.15. The van der Waals surface area contributed by atoms with E-state index in [0.29, 0.717) is 36.9 Å². The van der Waals surface area contributed by atoms with Crippen LogP contribution < -0.4 is 15.4 Å². The Morgan fingerprint density at radius 3 is 2.65 bits per heavy atom. The van der Waals surface area contributed by atoms with Crippen LogP contribution in [0.3, 0.4) is 0 Å². The fourth-order valence-corrected chi connectivity index (χ4v) is 2.44. The lowest BCUT2D eigenvalue weighted by molar-refractivity contribution is 0.00701. The van der Waals surface area contributed by atoms with Crippen molar-refractivity contribution in [1.82, 2.24) is 15.5 Å². The van der Waals surface area contributed by atoms with E-state index in [1.807, 2.05) is 20.8 Å². The lowest BCUT2D eigenvalue weighted by atomic mass is 10.1. The molecule has 0 spiro atoms. The number of aliphatic imine (C=N–C) groups is 1. The Morgan fingerprint density at radius 2 is 2.08 bits per heavy atom. The molecule has 1 aromatic carbocycles. The number of hydrogen-bond donors (Lipinski definition) is 3. The number of nitrogens with one attached hydrogen (secondary N) is 2. The van der Waals surface area contributed by atoms with E-state index in [1.165, 1.54) is 0 Å². The molecular formula is C18H28N4O4. The number of aromatic hydroxyl groups is 1. The van der Waals surface area contributed by atoms with Crippen molar-refractivity contribution in [2.24, 2.45) is 4.99 Å². The fraction of sp³-hybridized carbons (Fsp3) is 0.556. The Kier molecular flexibility index (Phi) is 6.18. The first-order valence-electron chi connectivity index (χ1n) is 8.53. The lowest BCUT2D eigenvalue weighted by Gasteiger charge is -2.40. The first-order valence-corrected chi connectivity index (χ1v) is 8.53. The maximum Gasteiger partial charge on any atom is 0.410 e. The molecule has 0 aromatic heterocycles. The highest BCUT2D eigenvalue weighted by Crippen LogP contribution is 2.22. The molecule has 1 fully saturated rings. The topological polar surface area (TPSA) is 95.4 Å². The first kappa shape index (κ1) is 19.7. The summed E-state index contributed by atoms with van der Waals surface area (Å²) < 4.78 is 10.5. The van der Waals surface area contributed by atoms with Crippen LogP contribution in [0.5, 0.6) is 11.5 Å². The van der Waals surface area contributed by atoms with Crippen molar-refractivity contribution >= 4 is 12.1 Å². The Morgan fingerprint density at radius 1 is 1.38 bits per heavy atom. The van der Waals surface area contributed by atoms with Crippen molar-refractivity contribution in [3.63, 3.8) is 0 Å². The Labute approximate surface area is 154 Å².